The molecule has 0 radical (unpaired) electrons. The Labute approximate surface area is 491 Å². The molecule has 0 saturated heterocycles. The summed E-state index contributed by atoms with van der Waals surface area (Å²) in [5.74, 6) is -1.46. The highest BCUT2D eigenvalue weighted by Crippen LogP contribution is 2.43. The van der Waals surface area contributed by atoms with Crippen LogP contribution in [0.5, 0.6) is 0 Å². The van der Waals surface area contributed by atoms with Crippen LogP contribution in [0.4, 0.5) is 0 Å². The van der Waals surface area contributed by atoms with Gasteiger partial charge in [0.2, 0.25) is 0 Å². The Bertz CT molecular complexity index is 1570. The lowest BCUT2D eigenvalue weighted by molar-refractivity contribution is -0.161. The number of esters is 3. The van der Waals surface area contributed by atoms with E-state index in [9.17, 15) is 28.9 Å². The number of hydrogen-bond acceptors (Lipinski definition) is 10. The van der Waals surface area contributed by atoms with E-state index >= 15 is 0 Å². The maximum Gasteiger partial charge on any atom is 0.472 e. The zero-order chi connectivity index (χ0) is 58.3. The molecule has 3 atom stereocenters. The van der Waals surface area contributed by atoms with E-state index in [1.54, 1.807) is 0 Å². The number of allylic oxidation sites excluding steroid dienone is 10. The topological polar surface area (TPSA) is 155 Å². The first-order valence-electron chi connectivity index (χ1n) is 33.2. The zero-order valence-corrected chi connectivity index (χ0v) is 52.7. The minimum absolute atomic E-state index is 0.153. The number of phosphoric ester groups is 1. The Kier molecular flexibility index (Phi) is 60.0. The molecule has 0 amide bonds. The lowest BCUT2D eigenvalue weighted by atomic mass is 10.0. The van der Waals surface area contributed by atoms with Crippen molar-refractivity contribution < 1.29 is 52.2 Å². The molecule has 3 unspecified atom stereocenters. The van der Waals surface area contributed by atoms with Gasteiger partial charge in [-0.05, 0) is 89.9 Å². The molecule has 0 aromatic heterocycles. The van der Waals surface area contributed by atoms with Gasteiger partial charge < -0.3 is 24.2 Å². The Morgan fingerprint density at radius 1 is 0.350 bits per heavy atom. The van der Waals surface area contributed by atoms with Crippen molar-refractivity contribution in [1.82, 2.24) is 0 Å². The second kappa shape index (κ2) is 62.2. The van der Waals surface area contributed by atoms with Gasteiger partial charge in [0.1, 0.15) is 12.7 Å². The first kappa shape index (κ1) is 77.2. The molecule has 0 aliphatic heterocycles. The number of ether oxygens (including phenoxy) is 3. The van der Waals surface area contributed by atoms with Crippen molar-refractivity contribution in [3.05, 3.63) is 60.8 Å². The van der Waals surface area contributed by atoms with Crippen molar-refractivity contribution in [2.45, 2.75) is 328 Å². The molecule has 0 spiro atoms. The van der Waals surface area contributed by atoms with E-state index in [2.05, 4.69) is 81.5 Å². The van der Waals surface area contributed by atoms with Gasteiger partial charge in [-0.2, -0.15) is 0 Å². The second-order valence-corrected chi connectivity index (χ2v) is 23.7. The molecule has 11 nitrogen and oxygen atoms in total. The lowest BCUT2D eigenvalue weighted by Crippen LogP contribution is -2.30. The van der Waals surface area contributed by atoms with Crippen molar-refractivity contribution >= 4 is 25.7 Å². The van der Waals surface area contributed by atoms with E-state index in [0.29, 0.717) is 19.3 Å². The number of carbonyl (C=O) groups excluding carboxylic acids is 3. The summed E-state index contributed by atoms with van der Waals surface area (Å²) < 4.78 is 39.7. The van der Waals surface area contributed by atoms with E-state index in [0.717, 1.165) is 103 Å². The van der Waals surface area contributed by atoms with Gasteiger partial charge in [-0.25, -0.2) is 4.57 Å². The van der Waals surface area contributed by atoms with Crippen LogP contribution >= 0.6 is 7.82 Å². The monoisotopic (exact) mass is 1150 g/mol. The van der Waals surface area contributed by atoms with Gasteiger partial charge in [0.15, 0.2) is 6.10 Å². The fraction of sp³-hybridized carbons (Fsp3) is 0.809. The highest BCUT2D eigenvalue weighted by atomic mass is 31.2. The van der Waals surface area contributed by atoms with Crippen molar-refractivity contribution in [1.29, 1.82) is 0 Å². The van der Waals surface area contributed by atoms with Crippen LogP contribution in [-0.4, -0.2) is 66.5 Å². The van der Waals surface area contributed by atoms with Crippen LogP contribution in [0.15, 0.2) is 60.8 Å². The molecule has 466 valence electrons. The zero-order valence-electron chi connectivity index (χ0n) is 51.8. The summed E-state index contributed by atoms with van der Waals surface area (Å²) in [4.78, 5) is 48.8. The predicted molar refractivity (Wildman–Crippen MR) is 335 cm³/mol. The normalized spacial score (nSPS) is 13.6. The molecule has 0 aromatic rings. The summed E-state index contributed by atoms with van der Waals surface area (Å²) in [6.07, 6.45) is 70.2. The molecular weight excluding hydrogens is 1020 g/mol. The molecule has 0 aliphatic rings. The Morgan fingerprint density at radius 3 is 0.963 bits per heavy atom. The van der Waals surface area contributed by atoms with Crippen LogP contribution < -0.4 is 0 Å². The minimum Gasteiger partial charge on any atom is -0.462 e. The number of carbonyl (C=O) groups is 3. The Balaban J connectivity index is 4.71. The number of phosphoric acid groups is 1. The SMILES string of the molecule is CCCCC/C=C\C/C=C\C/C=C\CCCCCCCCC(=O)OC(COC(=O)CCCCCCCCCCC/C=C\C/C=C\CCCCC)COP(=O)(O)OCC(CO)OC(=O)CCCCCCCCCCCCCCCCC. The fourth-order valence-electron chi connectivity index (χ4n) is 9.34. The summed E-state index contributed by atoms with van der Waals surface area (Å²) in [5.41, 5.74) is 0. The summed E-state index contributed by atoms with van der Waals surface area (Å²) >= 11 is 0. The van der Waals surface area contributed by atoms with E-state index in [1.807, 2.05) is 0 Å². The Morgan fingerprint density at radius 2 is 0.613 bits per heavy atom. The van der Waals surface area contributed by atoms with Gasteiger partial charge in [-0.1, -0.05) is 268 Å². The summed E-state index contributed by atoms with van der Waals surface area (Å²) in [6, 6.07) is 0. The summed E-state index contributed by atoms with van der Waals surface area (Å²) in [7, 11) is -4.76. The van der Waals surface area contributed by atoms with Crippen LogP contribution in [-0.2, 0) is 42.2 Å². The third kappa shape index (κ3) is 59.8. The standard InChI is InChI=1S/C68H123O11P/c1-4-7-10-13-16-19-22-25-28-30-32-34-37-39-42-45-48-51-54-57-66(70)75-61-65(79-68(72)59-56-53-50-47-44-41-38-35-33-31-29-26-23-20-17-14-11-8-5-2)63-77-80(73,74)76-62-64(60-69)78-67(71)58-55-52-49-46-43-40-36-27-24-21-18-15-12-9-6-3/h16-17,19-20,25-26,28-29,33,35,64-65,69H,4-15,18,21-24,27,30-32,34,36-63H2,1-3H3,(H,73,74)/b19-16-,20-17-,28-25-,29-26-,35-33-. The van der Waals surface area contributed by atoms with Crippen molar-refractivity contribution in [2.24, 2.45) is 0 Å². The van der Waals surface area contributed by atoms with Gasteiger partial charge in [-0.3, -0.25) is 23.4 Å². The van der Waals surface area contributed by atoms with Crippen LogP contribution in [0, 0.1) is 0 Å². The highest BCUT2D eigenvalue weighted by molar-refractivity contribution is 7.47. The average molecular weight is 1150 g/mol. The van der Waals surface area contributed by atoms with E-state index in [-0.39, 0.29) is 25.9 Å². The first-order valence-corrected chi connectivity index (χ1v) is 34.7. The molecule has 80 heavy (non-hydrogen) atoms. The fourth-order valence-corrected chi connectivity index (χ4v) is 10.1. The molecule has 0 heterocycles. The lowest BCUT2D eigenvalue weighted by Gasteiger charge is -2.21. The number of aliphatic hydroxyl groups is 1. The quantitative estimate of drug-likeness (QED) is 0.0197. The molecule has 2 N–H and O–H groups in total. The van der Waals surface area contributed by atoms with Gasteiger partial charge in [0.05, 0.1) is 19.8 Å². The molecule has 0 aliphatic carbocycles. The maximum atomic E-state index is 13.0. The minimum atomic E-state index is -4.76. The Hall–Kier alpha value is -2.82. The maximum absolute atomic E-state index is 13.0. The second-order valence-electron chi connectivity index (χ2n) is 22.3. The van der Waals surface area contributed by atoms with Crippen LogP contribution in [0.3, 0.4) is 0 Å². The van der Waals surface area contributed by atoms with E-state index < -0.39 is 57.8 Å². The first-order chi connectivity index (χ1) is 39.2. The predicted octanol–water partition coefficient (Wildman–Crippen LogP) is 20.3. The summed E-state index contributed by atoms with van der Waals surface area (Å²) in [6.45, 7) is 4.63. The largest absolute Gasteiger partial charge is 0.472 e. The molecule has 0 bridgehead atoms. The molecule has 0 aromatic carbocycles. The van der Waals surface area contributed by atoms with Crippen molar-refractivity contribution in [3.63, 3.8) is 0 Å². The molecule has 12 heteroatoms. The molecule has 0 fully saturated rings. The van der Waals surface area contributed by atoms with Gasteiger partial charge >= 0.3 is 25.7 Å². The number of aliphatic hydroxyl groups excluding tert-OH is 1. The van der Waals surface area contributed by atoms with Crippen LogP contribution in [0.25, 0.3) is 0 Å². The number of unbranched alkanes of at least 4 members (excludes halogenated alkanes) is 35. The van der Waals surface area contributed by atoms with E-state index in [1.165, 1.54) is 154 Å². The van der Waals surface area contributed by atoms with Gasteiger partial charge in [0.25, 0.3) is 0 Å². The highest BCUT2D eigenvalue weighted by Gasteiger charge is 2.28. The van der Waals surface area contributed by atoms with Gasteiger partial charge in [-0.15, -0.1) is 0 Å². The third-order valence-corrected chi connectivity index (χ3v) is 15.4. The summed E-state index contributed by atoms with van der Waals surface area (Å²) in [5, 5.41) is 9.86. The van der Waals surface area contributed by atoms with Crippen molar-refractivity contribution in [2.75, 3.05) is 26.4 Å². The van der Waals surface area contributed by atoms with Crippen LogP contribution in [0.1, 0.15) is 316 Å². The molecule has 0 saturated carbocycles. The smallest absolute Gasteiger partial charge is 0.462 e. The third-order valence-electron chi connectivity index (χ3n) is 14.4. The average Bonchev–Trinajstić information content (AvgIpc) is 3.45. The van der Waals surface area contributed by atoms with Crippen molar-refractivity contribution in [3.8, 4) is 0 Å². The number of rotatable bonds is 62. The van der Waals surface area contributed by atoms with Gasteiger partial charge in [0, 0.05) is 19.3 Å². The molecular formula is C68H123O11P. The van der Waals surface area contributed by atoms with E-state index in [4.69, 9.17) is 23.3 Å². The number of hydrogen-bond donors (Lipinski definition) is 2. The van der Waals surface area contributed by atoms with Crippen LogP contribution in [0.2, 0.25) is 0 Å². The molecule has 0 rings (SSSR count).